The highest BCUT2D eigenvalue weighted by molar-refractivity contribution is 6.33. The Kier molecular flexibility index (Phi) is 6.26. The zero-order valence-corrected chi connectivity index (χ0v) is 18.1. The number of nitrogens with zero attached hydrogens (tertiary/aromatic N) is 3. The fraction of sp³-hybridized carbons (Fsp3) is 0.333. The number of H-pyrrole nitrogens is 1. The van der Waals surface area contributed by atoms with Gasteiger partial charge in [0.1, 0.15) is 5.65 Å². The van der Waals surface area contributed by atoms with E-state index in [9.17, 15) is 14.4 Å². The molecule has 0 spiro atoms. The molecule has 2 N–H and O–H groups in total. The van der Waals surface area contributed by atoms with E-state index in [4.69, 9.17) is 11.6 Å². The summed E-state index contributed by atoms with van der Waals surface area (Å²) in [7, 11) is 3.33. The zero-order valence-electron chi connectivity index (χ0n) is 17.4. The summed E-state index contributed by atoms with van der Waals surface area (Å²) in [6, 6.07) is 6.89. The van der Waals surface area contributed by atoms with Crippen LogP contribution in [0.1, 0.15) is 23.2 Å². The summed E-state index contributed by atoms with van der Waals surface area (Å²) >= 11 is 6.03. The van der Waals surface area contributed by atoms with E-state index in [1.807, 2.05) is 13.8 Å². The monoisotopic (exact) mass is 429 g/mol. The quantitative estimate of drug-likeness (QED) is 0.628. The van der Waals surface area contributed by atoms with Crippen LogP contribution in [-0.4, -0.2) is 45.1 Å². The minimum Gasteiger partial charge on any atom is -0.336 e. The maximum absolute atomic E-state index is 12.5. The number of carbonyl (C=O) groups is 2. The molecule has 2 heterocycles. The summed E-state index contributed by atoms with van der Waals surface area (Å²) in [5, 5.41) is 8.36. The molecule has 2 amide bonds. The third kappa shape index (κ3) is 4.38. The second-order valence-electron chi connectivity index (χ2n) is 7.27. The summed E-state index contributed by atoms with van der Waals surface area (Å²) in [6.07, 6.45) is 0.394. The molecule has 0 saturated carbocycles. The number of nitrogens with one attached hydrogen (secondary N) is 2. The first kappa shape index (κ1) is 21.6. The predicted octanol–water partition coefficient (Wildman–Crippen LogP) is 2.56. The van der Waals surface area contributed by atoms with Gasteiger partial charge in [0, 0.05) is 31.5 Å². The van der Waals surface area contributed by atoms with Gasteiger partial charge >= 0.3 is 0 Å². The molecule has 158 valence electrons. The summed E-state index contributed by atoms with van der Waals surface area (Å²) in [5.41, 5.74) is 3.13. The number of likely N-dealkylation sites (N-methyl/N-ethyl adjacent to an activating group) is 1. The number of fused-ring (bicyclic) bond motifs is 1. The van der Waals surface area contributed by atoms with Crippen molar-refractivity contribution in [2.45, 2.75) is 26.7 Å². The van der Waals surface area contributed by atoms with Crippen LogP contribution in [0.2, 0.25) is 5.02 Å². The van der Waals surface area contributed by atoms with Gasteiger partial charge in [-0.25, -0.2) is 0 Å². The number of amides is 2. The minimum absolute atomic E-state index is 0.111. The second-order valence-corrected chi connectivity index (χ2v) is 7.68. The van der Waals surface area contributed by atoms with Gasteiger partial charge < -0.3 is 15.2 Å². The summed E-state index contributed by atoms with van der Waals surface area (Å²) in [6.45, 7) is 3.64. The van der Waals surface area contributed by atoms with Gasteiger partial charge in [0.05, 0.1) is 22.9 Å². The average Bonchev–Trinajstić information content (AvgIpc) is 2.96. The molecule has 30 heavy (non-hydrogen) atoms. The SMILES string of the molecule is Cc1nn(C)c2[nH]c(=O)c(CCC(=O)N(C)CC(=O)Nc3ccccc3Cl)c(C)c12. The molecule has 0 aliphatic carbocycles. The van der Waals surface area contributed by atoms with Crippen LogP contribution in [-0.2, 0) is 23.1 Å². The van der Waals surface area contributed by atoms with Crippen LogP contribution in [0.15, 0.2) is 29.1 Å². The van der Waals surface area contributed by atoms with Gasteiger partial charge in [-0.15, -0.1) is 0 Å². The highest BCUT2D eigenvalue weighted by Crippen LogP contribution is 2.22. The number of anilines is 1. The van der Waals surface area contributed by atoms with E-state index in [2.05, 4.69) is 15.4 Å². The van der Waals surface area contributed by atoms with Gasteiger partial charge in [-0.2, -0.15) is 5.10 Å². The van der Waals surface area contributed by atoms with Gasteiger partial charge in [-0.3, -0.25) is 19.1 Å². The van der Waals surface area contributed by atoms with Crippen LogP contribution in [0.4, 0.5) is 5.69 Å². The van der Waals surface area contributed by atoms with Crippen molar-refractivity contribution in [3.05, 3.63) is 56.5 Å². The van der Waals surface area contributed by atoms with Crippen LogP contribution >= 0.6 is 11.6 Å². The lowest BCUT2D eigenvalue weighted by Crippen LogP contribution is -2.35. The molecule has 3 rings (SSSR count). The molecule has 0 saturated heterocycles. The molecular formula is C21H24ClN5O3. The lowest BCUT2D eigenvalue weighted by molar-refractivity contribution is -0.133. The summed E-state index contributed by atoms with van der Waals surface area (Å²) < 4.78 is 1.64. The van der Waals surface area contributed by atoms with Crippen molar-refractivity contribution in [2.75, 3.05) is 18.9 Å². The fourth-order valence-electron chi connectivity index (χ4n) is 3.53. The predicted molar refractivity (Wildman–Crippen MR) is 117 cm³/mol. The zero-order chi connectivity index (χ0) is 22.0. The van der Waals surface area contributed by atoms with Crippen LogP contribution in [0.5, 0.6) is 0 Å². The summed E-state index contributed by atoms with van der Waals surface area (Å²) in [5.74, 6) is -0.577. The van der Waals surface area contributed by atoms with E-state index in [0.717, 1.165) is 16.6 Å². The Morgan fingerprint density at radius 3 is 2.67 bits per heavy atom. The maximum atomic E-state index is 12.5. The Morgan fingerprint density at radius 2 is 1.97 bits per heavy atom. The number of hydrogen-bond donors (Lipinski definition) is 2. The van der Waals surface area contributed by atoms with Gasteiger partial charge in [-0.05, 0) is 38.0 Å². The second kappa shape index (κ2) is 8.71. The fourth-order valence-corrected chi connectivity index (χ4v) is 3.72. The highest BCUT2D eigenvalue weighted by Gasteiger charge is 2.18. The Morgan fingerprint density at radius 1 is 1.27 bits per heavy atom. The Labute approximate surface area is 178 Å². The minimum atomic E-state index is -0.347. The molecule has 0 unspecified atom stereocenters. The molecule has 0 aliphatic heterocycles. The lowest BCUT2D eigenvalue weighted by Gasteiger charge is -2.17. The number of aromatic nitrogens is 3. The third-order valence-corrected chi connectivity index (χ3v) is 5.43. The summed E-state index contributed by atoms with van der Waals surface area (Å²) in [4.78, 5) is 41.4. The smallest absolute Gasteiger partial charge is 0.253 e. The van der Waals surface area contributed by atoms with Gasteiger partial charge in [-0.1, -0.05) is 23.7 Å². The van der Waals surface area contributed by atoms with Gasteiger partial charge in [0.25, 0.3) is 5.56 Å². The van der Waals surface area contributed by atoms with Crippen molar-refractivity contribution in [3.8, 4) is 0 Å². The van der Waals surface area contributed by atoms with Crippen molar-refractivity contribution in [2.24, 2.45) is 7.05 Å². The lowest BCUT2D eigenvalue weighted by atomic mass is 10.0. The standard InChI is InChI=1S/C21H24ClN5O3/c1-12-14(21(30)24-20-19(12)13(2)25-27(20)4)9-10-18(29)26(3)11-17(28)23-16-8-6-5-7-15(16)22/h5-8H,9-11H2,1-4H3,(H,23,28)(H,24,30). The molecular weight excluding hydrogens is 406 g/mol. The first-order valence-electron chi connectivity index (χ1n) is 9.52. The van der Waals surface area contributed by atoms with Crippen LogP contribution in [0.25, 0.3) is 11.0 Å². The molecule has 0 radical (unpaired) electrons. The molecule has 8 nitrogen and oxygen atoms in total. The number of hydrogen-bond acceptors (Lipinski definition) is 4. The van der Waals surface area contributed by atoms with Crippen molar-refractivity contribution >= 4 is 40.1 Å². The van der Waals surface area contributed by atoms with E-state index < -0.39 is 0 Å². The number of para-hydroxylation sites is 1. The number of carbonyl (C=O) groups excluding carboxylic acids is 2. The van der Waals surface area contributed by atoms with Crippen molar-refractivity contribution in [3.63, 3.8) is 0 Å². The van der Waals surface area contributed by atoms with Gasteiger partial charge in [0.15, 0.2) is 0 Å². The van der Waals surface area contributed by atoms with E-state index in [1.54, 1.807) is 43.0 Å². The molecule has 0 bridgehead atoms. The van der Waals surface area contributed by atoms with E-state index in [-0.39, 0.29) is 36.8 Å². The maximum Gasteiger partial charge on any atom is 0.253 e. The third-order valence-electron chi connectivity index (χ3n) is 5.10. The van der Waals surface area contributed by atoms with E-state index >= 15 is 0 Å². The number of pyridine rings is 1. The molecule has 2 aromatic heterocycles. The Balaban J connectivity index is 1.65. The van der Waals surface area contributed by atoms with E-state index in [0.29, 0.717) is 21.9 Å². The first-order valence-corrected chi connectivity index (χ1v) is 9.90. The molecule has 0 fully saturated rings. The number of rotatable bonds is 6. The molecule has 0 atom stereocenters. The van der Waals surface area contributed by atoms with E-state index in [1.165, 1.54) is 4.90 Å². The van der Waals surface area contributed by atoms with Crippen LogP contribution in [0, 0.1) is 13.8 Å². The van der Waals surface area contributed by atoms with Crippen molar-refractivity contribution in [1.82, 2.24) is 19.7 Å². The normalized spacial score (nSPS) is 11.0. The number of benzene rings is 1. The largest absolute Gasteiger partial charge is 0.336 e. The van der Waals surface area contributed by atoms with Crippen LogP contribution < -0.4 is 10.9 Å². The topological polar surface area (TPSA) is 100 Å². The van der Waals surface area contributed by atoms with Crippen LogP contribution in [0.3, 0.4) is 0 Å². The highest BCUT2D eigenvalue weighted by atomic mass is 35.5. The first-order chi connectivity index (χ1) is 14.2. The van der Waals surface area contributed by atoms with Crippen molar-refractivity contribution in [1.29, 1.82) is 0 Å². The number of aryl methyl sites for hydroxylation is 3. The van der Waals surface area contributed by atoms with Gasteiger partial charge in [0.2, 0.25) is 11.8 Å². The number of halogens is 1. The Hall–Kier alpha value is -3.13. The van der Waals surface area contributed by atoms with Crippen molar-refractivity contribution < 1.29 is 9.59 Å². The molecule has 9 heteroatoms. The average molecular weight is 430 g/mol. The Bertz CT molecular complexity index is 1180. The molecule has 1 aromatic carbocycles. The molecule has 0 aliphatic rings. The molecule has 3 aromatic rings. The number of aromatic amines is 1.